The van der Waals surface area contributed by atoms with E-state index in [1.807, 2.05) is 18.2 Å². The Balaban J connectivity index is 1.45. The number of nitrogens with one attached hydrogen (secondary N) is 1. The molecule has 0 saturated heterocycles. The fourth-order valence-electron chi connectivity index (χ4n) is 3.14. The molecule has 28 heavy (non-hydrogen) atoms. The fourth-order valence-corrected chi connectivity index (χ4v) is 3.14. The number of hydrogen-bond acceptors (Lipinski definition) is 6. The number of aliphatic carboxylic acids is 1. The zero-order valence-corrected chi connectivity index (χ0v) is 15.0. The molecule has 8 heteroatoms. The molecule has 4 rings (SSSR count). The second kappa shape index (κ2) is 7.59. The highest BCUT2D eigenvalue weighted by Crippen LogP contribution is 2.30. The Morgan fingerprint density at radius 1 is 1.11 bits per heavy atom. The number of carboxylic acid groups (broad SMARTS) is 1. The number of amides is 1. The largest absolute Gasteiger partial charge is 0.486 e. The maximum Gasteiger partial charge on any atom is 0.328 e. The van der Waals surface area contributed by atoms with E-state index in [1.165, 1.54) is 5.01 Å². The monoisotopic (exact) mass is 381 g/mol. The number of carboxylic acids is 1. The molecule has 1 amide bonds. The third kappa shape index (κ3) is 3.62. The molecule has 2 heterocycles. The summed E-state index contributed by atoms with van der Waals surface area (Å²) in [7, 11) is 0. The van der Waals surface area contributed by atoms with E-state index < -0.39 is 12.0 Å². The maximum absolute atomic E-state index is 12.5. The Morgan fingerprint density at radius 2 is 1.86 bits per heavy atom. The second-order valence-electron chi connectivity index (χ2n) is 6.45. The molecule has 2 aliphatic heterocycles. The van der Waals surface area contributed by atoms with Crippen LogP contribution in [0, 0.1) is 0 Å². The number of carbonyl (C=O) groups excluding carboxylic acids is 1. The van der Waals surface area contributed by atoms with Gasteiger partial charge in [-0.25, -0.2) is 4.79 Å². The van der Waals surface area contributed by atoms with Crippen LogP contribution in [0.5, 0.6) is 11.5 Å². The number of carbonyl (C=O) groups is 2. The van der Waals surface area contributed by atoms with Crippen LogP contribution in [0.1, 0.15) is 12.0 Å². The van der Waals surface area contributed by atoms with Crippen molar-refractivity contribution in [1.29, 1.82) is 0 Å². The molecule has 0 aromatic heterocycles. The molecule has 8 nitrogen and oxygen atoms in total. The topological polar surface area (TPSA) is 100 Å². The number of fused-ring (bicyclic) bond motifs is 1. The summed E-state index contributed by atoms with van der Waals surface area (Å²) >= 11 is 0. The quantitative estimate of drug-likeness (QED) is 0.819. The average molecular weight is 381 g/mol. The SMILES string of the molecule is O=C(NCc1ccc2c(c1)OCCO2)C1=NN(c2ccccc2)C(C(=O)O)C1. The van der Waals surface area contributed by atoms with E-state index in [1.54, 1.807) is 30.3 Å². The van der Waals surface area contributed by atoms with Gasteiger partial charge in [-0.3, -0.25) is 9.80 Å². The highest BCUT2D eigenvalue weighted by Gasteiger charge is 2.36. The molecular weight excluding hydrogens is 362 g/mol. The summed E-state index contributed by atoms with van der Waals surface area (Å²) in [5.74, 6) is -0.0801. The van der Waals surface area contributed by atoms with Crippen molar-refractivity contribution in [1.82, 2.24) is 5.32 Å². The molecule has 0 saturated carbocycles. The standard InChI is InChI=1S/C20H19N3O5/c24-19(21-12-13-6-7-17-18(10-13)28-9-8-27-17)15-11-16(20(25)26)23(22-15)14-4-2-1-3-5-14/h1-7,10,16H,8-9,11-12H2,(H,21,24)(H,25,26). The zero-order valence-electron chi connectivity index (χ0n) is 15.0. The number of nitrogens with zero attached hydrogens (tertiary/aromatic N) is 2. The average Bonchev–Trinajstić information content (AvgIpc) is 3.18. The first-order valence-corrected chi connectivity index (χ1v) is 8.93. The summed E-state index contributed by atoms with van der Waals surface area (Å²) < 4.78 is 11.0. The van der Waals surface area contributed by atoms with Crippen molar-refractivity contribution >= 4 is 23.3 Å². The Kier molecular flexibility index (Phi) is 4.84. The molecule has 2 aromatic carbocycles. The molecule has 2 N–H and O–H groups in total. The predicted molar refractivity (Wildman–Crippen MR) is 102 cm³/mol. The van der Waals surface area contributed by atoms with Crippen LogP contribution in [0.25, 0.3) is 0 Å². The van der Waals surface area contributed by atoms with Crippen molar-refractivity contribution in [3.63, 3.8) is 0 Å². The third-order valence-electron chi connectivity index (χ3n) is 4.54. The van der Waals surface area contributed by atoms with Gasteiger partial charge in [0.25, 0.3) is 5.91 Å². The van der Waals surface area contributed by atoms with Gasteiger partial charge in [0.2, 0.25) is 0 Å². The van der Waals surface area contributed by atoms with Crippen LogP contribution >= 0.6 is 0 Å². The second-order valence-corrected chi connectivity index (χ2v) is 6.45. The smallest absolute Gasteiger partial charge is 0.328 e. The lowest BCUT2D eigenvalue weighted by Gasteiger charge is -2.19. The summed E-state index contributed by atoms with van der Waals surface area (Å²) in [6, 6.07) is 13.5. The van der Waals surface area contributed by atoms with Crippen molar-refractivity contribution in [2.75, 3.05) is 18.2 Å². The van der Waals surface area contributed by atoms with Crippen molar-refractivity contribution in [3.05, 3.63) is 54.1 Å². The van der Waals surface area contributed by atoms with Crippen molar-refractivity contribution in [2.24, 2.45) is 5.10 Å². The molecule has 144 valence electrons. The lowest BCUT2D eigenvalue weighted by atomic mass is 10.1. The molecule has 1 unspecified atom stereocenters. The Morgan fingerprint density at radius 3 is 2.61 bits per heavy atom. The summed E-state index contributed by atoms with van der Waals surface area (Å²) in [4.78, 5) is 24.1. The van der Waals surface area contributed by atoms with Gasteiger partial charge in [-0.05, 0) is 29.8 Å². The van der Waals surface area contributed by atoms with Gasteiger partial charge >= 0.3 is 5.97 Å². The van der Waals surface area contributed by atoms with Gasteiger partial charge in [-0.2, -0.15) is 5.10 Å². The van der Waals surface area contributed by atoms with E-state index in [2.05, 4.69) is 10.4 Å². The van der Waals surface area contributed by atoms with Crippen LogP contribution in [-0.2, 0) is 16.1 Å². The van der Waals surface area contributed by atoms with E-state index in [0.29, 0.717) is 30.4 Å². The van der Waals surface area contributed by atoms with E-state index in [0.717, 1.165) is 5.56 Å². The van der Waals surface area contributed by atoms with Gasteiger partial charge in [0.05, 0.1) is 5.69 Å². The Labute approximate surface area is 161 Å². The third-order valence-corrected chi connectivity index (χ3v) is 4.54. The number of benzene rings is 2. The van der Waals surface area contributed by atoms with E-state index in [-0.39, 0.29) is 24.6 Å². The van der Waals surface area contributed by atoms with Crippen LogP contribution in [0.4, 0.5) is 5.69 Å². The number of hydrazone groups is 1. The minimum absolute atomic E-state index is 0.0389. The number of ether oxygens (including phenoxy) is 2. The Bertz CT molecular complexity index is 929. The zero-order chi connectivity index (χ0) is 19.5. The summed E-state index contributed by atoms with van der Waals surface area (Å²) in [6.07, 6.45) is 0.0389. The predicted octanol–water partition coefficient (Wildman–Crippen LogP) is 1.79. The van der Waals surface area contributed by atoms with Crippen LogP contribution < -0.4 is 19.8 Å². The van der Waals surface area contributed by atoms with Gasteiger partial charge in [-0.1, -0.05) is 24.3 Å². The van der Waals surface area contributed by atoms with Gasteiger partial charge < -0.3 is 19.9 Å². The molecule has 2 aliphatic rings. The van der Waals surface area contributed by atoms with Gasteiger partial charge in [-0.15, -0.1) is 0 Å². The number of hydrogen-bond donors (Lipinski definition) is 2. The fraction of sp³-hybridized carbons (Fsp3) is 0.250. The van der Waals surface area contributed by atoms with Crippen LogP contribution in [0.3, 0.4) is 0 Å². The lowest BCUT2D eigenvalue weighted by Crippen LogP contribution is -2.35. The minimum atomic E-state index is -1.03. The molecule has 0 radical (unpaired) electrons. The lowest BCUT2D eigenvalue weighted by molar-refractivity contribution is -0.138. The first-order valence-electron chi connectivity index (χ1n) is 8.93. The number of rotatable bonds is 5. The summed E-state index contributed by atoms with van der Waals surface area (Å²) in [5.41, 5.74) is 1.67. The number of para-hydroxylation sites is 1. The minimum Gasteiger partial charge on any atom is -0.486 e. The van der Waals surface area contributed by atoms with Crippen LogP contribution in [-0.4, -0.2) is 42.0 Å². The summed E-state index contributed by atoms with van der Waals surface area (Å²) in [6.45, 7) is 1.29. The first kappa shape index (κ1) is 17.8. The maximum atomic E-state index is 12.5. The van der Waals surface area contributed by atoms with Crippen molar-refractivity contribution < 1.29 is 24.2 Å². The highest BCUT2D eigenvalue weighted by atomic mass is 16.6. The van der Waals surface area contributed by atoms with Crippen molar-refractivity contribution in [2.45, 2.75) is 19.0 Å². The van der Waals surface area contributed by atoms with Gasteiger partial charge in [0.1, 0.15) is 18.9 Å². The van der Waals surface area contributed by atoms with Crippen LogP contribution in [0.15, 0.2) is 53.6 Å². The molecule has 0 aliphatic carbocycles. The van der Waals surface area contributed by atoms with Crippen molar-refractivity contribution in [3.8, 4) is 11.5 Å². The first-order chi connectivity index (χ1) is 13.6. The van der Waals surface area contributed by atoms with Crippen LogP contribution in [0.2, 0.25) is 0 Å². The molecule has 0 fully saturated rings. The molecular formula is C20H19N3O5. The van der Waals surface area contributed by atoms with E-state index >= 15 is 0 Å². The molecule has 0 bridgehead atoms. The molecule has 2 aromatic rings. The Hall–Kier alpha value is -3.55. The normalized spacial score (nSPS) is 17.8. The van der Waals surface area contributed by atoms with Gasteiger partial charge in [0, 0.05) is 13.0 Å². The van der Waals surface area contributed by atoms with Gasteiger partial charge in [0.15, 0.2) is 17.5 Å². The highest BCUT2D eigenvalue weighted by molar-refractivity contribution is 6.40. The number of anilines is 1. The summed E-state index contributed by atoms with van der Waals surface area (Å²) in [5, 5.41) is 17.9. The van der Waals surface area contributed by atoms with E-state index in [9.17, 15) is 14.7 Å². The molecule has 1 atom stereocenters. The molecule has 0 spiro atoms. The van der Waals surface area contributed by atoms with E-state index in [4.69, 9.17) is 9.47 Å².